The first-order chi connectivity index (χ1) is 16.3. The van der Waals surface area contributed by atoms with Crippen LogP contribution in [0.2, 0.25) is 0 Å². The molecule has 2 amide bonds. The third-order valence-electron chi connectivity index (χ3n) is 5.40. The maximum Gasteiger partial charge on any atom is 0.418 e. The smallest absolute Gasteiger partial charge is 0.356 e. The summed E-state index contributed by atoms with van der Waals surface area (Å²) < 4.78 is 39.3. The van der Waals surface area contributed by atoms with Gasteiger partial charge in [-0.25, -0.2) is 14.8 Å². The summed E-state index contributed by atoms with van der Waals surface area (Å²) in [5.74, 6) is 2.22. The Morgan fingerprint density at radius 2 is 1.59 bits per heavy atom. The molecule has 34 heavy (non-hydrogen) atoms. The Morgan fingerprint density at radius 3 is 2.29 bits per heavy atom. The molecule has 0 radical (unpaired) electrons. The van der Waals surface area contributed by atoms with E-state index >= 15 is 0 Å². The Hall–Kier alpha value is -3.82. The van der Waals surface area contributed by atoms with E-state index in [0.29, 0.717) is 17.3 Å². The van der Waals surface area contributed by atoms with Gasteiger partial charge in [-0.2, -0.15) is 13.2 Å². The largest absolute Gasteiger partial charge is 0.418 e. The normalized spacial score (nSPS) is 13.9. The van der Waals surface area contributed by atoms with Crippen molar-refractivity contribution in [3.63, 3.8) is 0 Å². The van der Waals surface area contributed by atoms with Crippen molar-refractivity contribution < 1.29 is 18.0 Å². The van der Waals surface area contributed by atoms with Crippen LogP contribution in [0.3, 0.4) is 0 Å². The van der Waals surface area contributed by atoms with Gasteiger partial charge in [-0.15, -0.1) is 0 Å². The van der Waals surface area contributed by atoms with Gasteiger partial charge in [0.1, 0.15) is 17.5 Å². The number of alkyl halides is 3. The predicted molar refractivity (Wildman–Crippen MR) is 127 cm³/mol. The summed E-state index contributed by atoms with van der Waals surface area (Å²) in [5.41, 5.74) is -0.0420. The Balaban J connectivity index is 1.39. The third kappa shape index (κ3) is 5.94. The van der Waals surface area contributed by atoms with Crippen molar-refractivity contribution in [2.24, 2.45) is 0 Å². The minimum atomic E-state index is -4.57. The van der Waals surface area contributed by atoms with E-state index in [9.17, 15) is 18.0 Å². The molecular weight excluding hydrogens is 445 g/mol. The molecule has 3 N–H and O–H groups in total. The van der Waals surface area contributed by atoms with E-state index in [2.05, 4.69) is 30.8 Å². The fraction of sp³-hybridized carbons (Fsp3) is 0.292. The molecule has 2 aromatic carbocycles. The first kappa shape index (κ1) is 23.3. The summed E-state index contributed by atoms with van der Waals surface area (Å²) in [6, 6.07) is 12.8. The molecule has 1 saturated heterocycles. The number of rotatable bonds is 5. The molecule has 2 heterocycles. The first-order valence-corrected chi connectivity index (χ1v) is 11.0. The number of carbonyl (C=O) groups excluding carboxylic acids is 1. The first-order valence-electron chi connectivity index (χ1n) is 11.0. The van der Waals surface area contributed by atoms with Crippen LogP contribution in [0.25, 0.3) is 0 Å². The van der Waals surface area contributed by atoms with Crippen molar-refractivity contribution in [3.8, 4) is 0 Å². The van der Waals surface area contributed by atoms with Gasteiger partial charge >= 0.3 is 12.2 Å². The highest BCUT2D eigenvalue weighted by Gasteiger charge is 2.33. The highest BCUT2D eigenvalue weighted by Crippen LogP contribution is 2.34. The highest BCUT2D eigenvalue weighted by molar-refractivity contribution is 6.00. The molecule has 10 heteroatoms. The number of nitrogens with one attached hydrogen (secondary N) is 3. The van der Waals surface area contributed by atoms with E-state index < -0.39 is 17.8 Å². The number of hydrogen-bond acceptors (Lipinski definition) is 5. The van der Waals surface area contributed by atoms with Crippen LogP contribution in [0.15, 0.2) is 54.6 Å². The summed E-state index contributed by atoms with van der Waals surface area (Å²) in [4.78, 5) is 23.5. The molecule has 0 unspecified atom stereocenters. The van der Waals surface area contributed by atoms with Crippen LogP contribution in [0, 0.1) is 6.92 Å². The number of carbonyl (C=O) groups is 1. The highest BCUT2D eigenvalue weighted by atomic mass is 19.4. The Kier molecular flexibility index (Phi) is 6.85. The molecule has 1 fully saturated rings. The number of aryl methyl sites for hydroxylation is 1. The molecule has 0 bridgehead atoms. The van der Waals surface area contributed by atoms with Crippen molar-refractivity contribution in [2.45, 2.75) is 32.4 Å². The summed E-state index contributed by atoms with van der Waals surface area (Å²) in [6.45, 7) is 3.80. The fourth-order valence-corrected chi connectivity index (χ4v) is 3.81. The van der Waals surface area contributed by atoms with Crippen molar-refractivity contribution >= 4 is 34.7 Å². The van der Waals surface area contributed by atoms with E-state index in [1.807, 2.05) is 13.0 Å². The molecule has 1 aliphatic heterocycles. The predicted octanol–water partition coefficient (Wildman–Crippen LogP) is 6.18. The van der Waals surface area contributed by atoms with Gasteiger partial charge in [-0.1, -0.05) is 12.1 Å². The number of anilines is 5. The van der Waals surface area contributed by atoms with Gasteiger partial charge in [0.05, 0.1) is 11.3 Å². The number of amides is 2. The summed E-state index contributed by atoms with van der Waals surface area (Å²) in [7, 11) is 0. The van der Waals surface area contributed by atoms with E-state index in [1.54, 1.807) is 24.3 Å². The second-order valence-corrected chi connectivity index (χ2v) is 8.03. The van der Waals surface area contributed by atoms with Gasteiger partial charge in [0.2, 0.25) is 0 Å². The van der Waals surface area contributed by atoms with Gasteiger partial charge in [0.15, 0.2) is 0 Å². The Morgan fingerprint density at radius 1 is 0.912 bits per heavy atom. The van der Waals surface area contributed by atoms with E-state index in [1.165, 1.54) is 24.6 Å². The number of halogens is 3. The molecular formula is C24H25F3N6O. The second-order valence-electron chi connectivity index (χ2n) is 8.03. The Labute approximate surface area is 195 Å². The molecule has 0 aliphatic carbocycles. The zero-order valence-corrected chi connectivity index (χ0v) is 18.6. The third-order valence-corrected chi connectivity index (χ3v) is 5.40. The van der Waals surface area contributed by atoms with Crippen molar-refractivity contribution in [2.75, 3.05) is 33.9 Å². The number of nitrogens with zero attached hydrogens (tertiary/aromatic N) is 3. The topological polar surface area (TPSA) is 82.2 Å². The lowest BCUT2D eigenvalue weighted by molar-refractivity contribution is -0.136. The van der Waals surface area contributed by atoms with Crippen LogP contribution in [-0.2, 0) is 6.18 Å². The molecule has 3 aromatic rings. The van der Waals surface area contributed by atoms with Crippen LogP contribution in [-0.4, -0.2) is 29.1 Å². The van der Waals surface area contributed by atoms with Crippen LogP contribution in [0.5, 0.6) is 0 Å². The molecule has 4 rings (SSSR count). The minimum absolute atomic E-state index is 0.311. The van der Waals surface area contributed by atoms with Crippen molar-refractivity contribution in [3.05, 3.63) is 66.0 Å². The van der Waals surface area contributed by atoms with Crippen LogP contribution in [0.1, 0.15) is 30.7 Å². The SMILES string of the molecule is Cc1nc(Nc2ccc(NC(=O)Nc3ccccc3C(F)(F)F)cc2)cc(N2CCCCC2)n1. The maximum absolute atomic E-state index is 13.1. The zero-order valence-electron chi connectivity index (χ0n) is 18.6. The molecule has 1 aliphatic rings. The van der Waals surface area contributed by atoms with Crippen molar-refractivity contribution in [1.29, 1.82) is 0 Å². The molecule has 0 atom stereocenters. The van der Waals surface area contributed by atoms with E-state index in [-0.39, 0.29) is 5.69 Å². The van der Waals surface area contributed by atoms with E-state index in [4.69, 9.17) is 0 Å². The average molecular weight is 470 g/mol. The standard InChI is InChI=1S/C24H25F3N6O/c1-16-28-21(15-22(29-16)33-13-5-2-6-14-33)30-17-9-11-18(12-10-17)31-23(34)32-20-8-4-3-7-19(20)24(25,26)27/h3-4,7-12,15H,2,5-6,13-14H2,1H3,(H,28,29,30)(H2,31,32,34). The maximum atomic E-state index is 13.1. The lowest BCUT2D eigenvalue weighted by Gasteiger charge is -2.28. The summed E-state index contributed by atoms with van der Waals surface area (Å²) in [6.07, 6.45) is -1.03. The summed E-state index contributed by atoms with van der Waals surface area (Å²) >= 11 is 0. The van der Waals surface area contributed by atoms with Crippen LogP contribution >= 0.6 is 0 Å². The number of hydrogen-bond donors (Lipinski definition) is 3. The van der Waals surface area contributed by atoms with E-state index in [0.717, 1.165) is 43.5 Å². The number of para-hydroxylation sites is 1. The quantitative estimate of drug-likeness (QED) is 0.415. The molecule has 0 saturated carbocycles. The van der Waals surface area contributed by atoms with Gasteiger partial charge < -0.3 is 20.9 Å². The molecule has 7 nitrogen and oxygen atoms in total. The monoisotopic (exact) mass is 470 g/mol. The van der Waals surface area contributed by atoms with Gasteiger partial charge in [0.25, 0.3) is 0 Å². The molecule has 178 valence electrons. The average Bonchev–Trinajstić information content (AvgIpc) is 2.80. The molecule has 0 spiro atoms. The lowest BCUT2D eigenvalue weighted by Crippen LogP contribution is -2.30. The number of benzene rings is 2. The second kappa shape index (κ2) is 9.98. The zero-order chi connectivity index (χ0) is 24.1. The van der Waals surface area contributed by atoms with Crippen molar-refractivity contribution in [1.82, 2.24) is 9.97 Å². The number of aromatic nitrogens is 2. The molecule has 1 aromatic heterocycles. The van der Waals surface area contributed by atoms with Gasteiger partial charge in [0, 0.05) is 30.5 Å². The Bertz CT molecular complexity index is 1140. The minimum Gasteiger partial charge on any atom is -0.356 e. The van der Waals surface area contributed by atoms with Crippen LogP contribution in [0.4, 0.5) is 46.7 Å². The summed E-state index contributed by atoms with van der Waals surface area (Å²) in [5, 5.41) is 8.04. The van der Waals surface area contributed by atoms with Gasteiger partial charge in [-0.05, 0) is 62.6 Å². The number of urea groups is 1. The van der Waals surface area contributed by atoms with Gasteiger partial charge in [-0.3, -0.25) is 0 Å². The fourth-order valence-electron chi connectivity index (χ4n) is 3.81. The number of piperidine rings is 1. The van der Waals surface area contributed by atoms with Crippen LogP contribution < -0.4 is 20.9 Å². The lowest BCUT2D eigenvalue weighted by atomic mass is 10.1.